The first-order valence-electron chi connectivity index (χ1n) is 11.0. The van der Waals surface area contributed by atoms with Gasteiger partial charge >= 0.3 is 0 Å². The smallest absolute Gasteiger partial charge is 0.190 e. The maximum absolute atomic E-state index is 4.41. The monoisotopic (exact) mass is 365 g/mol. The van der Waals surface area contributed by atoms with Crippen molar-refractivity contribution in [3.63, 3.8) is 0 Å². The Bertz CT molecular complexity index is 409. The van der Waals surface area contributed by atoms with Crippen LogP contribution in [0.25, 0.3) is 0 Å². The van der Waals surface area contributed by atoms with E-state index in [-0.39, 0.29) is 0 Å². The normalized spacial score (nSPS) is 21.7. The molecule has 0 amide bonds. The molecule has 1 aliphatic heterocycles. The number of hydrogen-bond donors (Lipinski definition) is 2. The summed E-state index contributed by atoms with van der Waals surface area (Å²) in [5.41, 5.74) is 0.520. The van der Waals surface area contributed by atoms with E-state index in [9.17, 15) is 0 Å². The van der Waals surface area contributed by atoms with Crippen LogP contribution in [0.1, 0.15) is 59.3 Å². The van der Waals surface area contributed by atoms with Gasteiger partial charge in [-0.15, -0.1) is 0 Å². The van der Waals surface area contributed by atoms with Crippen LogP contribution in [-0.2, 0) is 0 Å². The number of hydrogen-bond acceptors (Lipinski definition) is 3. The van der Waals surface area contributed by atoms with Crippen LogP contribution in [0.15, 0.2) is 4.99 Å². The SMILES string of the molecule is CCN1CCN(CCCCNC(=NC)NCC2(CC(C)C)CCC2)CC1. The molecule has 0 unspecified atom stereocenters. The Hall–Kier alpha value is -0.810. The number of unbranched alkanes of at least 4 members (excludes halogenated alkanes) is 1. The summed E-state index contributed by atoms with van der Waals surface area (Å²) in [4.78, 5) is 9.57. The molecule has 1 aliphatic carbocycles. The van der Waals surface area contributed by atoms with E-state index < -0.39 is 0 Å². The summed E-state index contributed by atoms with van der Waals surface area (Å²) in [5.74, 6) is 1.77. The largest absolute Gasteiger partial charge is 0.356 e. The van der Waals surface area contributed by atoms with Gasteiger partial charge in [-0.2, -0.15) is 0 Å². The molecular weight excluding hydrogens is 322 g/mol. The lowest BCUT2D eigenvalue weighted by atomic mass is 9.64. The highest BCUT2D eigenvalue weighted by Crippen LogP contribution is 2.45. The molecule has 5 heteroatoms. The minimum atomic E-state index is 0.520. The lowest BCUT2D eigenvalue weighted by Crippen LogP contribution is -2.47. The Balaban J connectivity index is 1.55. The summed E-state index contributed by atoms with van der Waals surface area (Å²) in [7, 11) is 1.89. The van der Waals surface area contributed by atoms with E-state index in [1.807, 2.05) is 7.05 Å². The zero-order valence-corrected chi connectivity index (χ0v) is 17.8. The fourth-order valence-corrected chi connectivity index (χ4v) is 4.48. The molecule has 2 rings (SSSR count). The predicted octanol–water partition coefficient (Wildman–Crippen LogP) is 2.79. The average Bonchev–Trinajstić information content (AvgIpc) is 2.61. The van der Waals surface area contributed by atoms with Gasteiger partial charge in [-0.1, -0.05) is 27.2 Å². The van der Waals surface area contributed by atoms with E-state index in [1.165, 1.54) is 77.8 Å². The van der Waals surface area contributed by atoms with Gasteiger partial charge in [-0.25, -0.2) is 0 Å². The highest BCUT2D eigenvalue weighted by atomic mass is 15.3. The third-order valence-electron chi connectivity index (χ3n) is 6.22. The van der Waals surface area contributed by atoms with Crippen molar-refractivity contribution >= 4 is 5.96 Å². The van der Waals surface area contributed by atoms with Crippen molar-refractivity contribution in [1.29, 1.82) is 0 Å². The minimum Gasteiger partial charge on any atom is -0.356 e. The van der Waals surface area contributed by atoms with Crippen molar-refractivity contribution in [3.8, 4) is 0 Å². The topological polar surface area (TPSA) is 42.9 Å². The molecule has 2 aliphatic rings. The van der Waals surface area contributed by atoms with Gasteiger partial charge in [-0.3, -0.25) is 4.99 Å². The Morgan fingerprint density at radius 3 is 2.27 bits per heavy atom. The molecule has 1 saturated carbocycles. The van der Waals surface area contributed by atoms with Crippen molar-refractivity contribution < 1.29 is 0 Å². The van der Waals surface area contributed by atoms with Gasteiger partial charge in [0.2, 0.25) is 0 Å². The van der Waals surface area contributed by atoms with Crippen LogP contribution in [0.5, 0.6) is 0 Å². The molecule has 0 bridgehead atoms. The first-order valence-corrected chi connectivity index (χ1v) is 11.0. The van der Waals surface area contributed by atoms with Crippen molar-refractivity contribution in [2.75, 3.05) is 59.4 Å². The summed E-state index contributed by atoms with van der Waals surface area (Å²) in [5, 5.41) is 7.10. The van der Waals surface area contributed by atoms with Crippen molar-refractivity contribution in [1.82, 2.24) is 20.4 Å². The van der Waals surface area contributed by atoms with Crippen molar-refractivity contribution in [2.45, 2.75) is 59.3 Å². The van der Waals surface area contributed by atoms with Crippen LogP contribution in [0.2, 0.25) is 0 Å². The average molecular weight is 366 g/mol. The zero-order chi connectivity index (χ0) is 18.8. The van der Waals surface area contributed by atoms with Gasteiger partial charge in [0.05, 0.1) is 0 Å². The summed E-state index contributed by atoms with van der Waals surface area (Å²) in [6.07, 6.45) is 7.97. The maximum atomic E-state index is 4.41. The van der Waals surface area contributed by atoms with E-state index in [4.69, 9.17) is 0 Å². The second kappa shape index (κ2) is 11.1. The van der Waals surface area contributed by atoms with Crippen molar-refractivity contribution in [2.24, 2.45) is 16.3 Å². The van der Waals surface area contributed by atoms with E-state index in [1.54, 1.807) is 0 Å². The summed E-state index contributed by atoms with van der Waals surface area (Å²) < 4.78 is 0. The van der Waals surface area contributed by atoms with Gasteiger partial charge < -0.3 is 20.4 Å². The van der Waals surface area contributed by atoms with Gasteiger partial charge in [0.1, 0.15) is 0 Å². The molecule has 0 atom stereocenters. The van der Waals surface area contributed by atoms with Crippen LogP contribution in [-0.4, -0.2) is 75.2 Å². The molecule has 152 valence electrons. The molecule has 5 nitrogen and oxygen atoms in total. The Morgan fingerprint density at radius 1 is 1.04 bits per heavy atom. The van der Waals surface area contributed by atoms with Crippen LogP contribution < -0.4 is 10.6 Å². The van der Waals surface area contributed by atoms with E-state index in [0.29, 0.717) is 5.41 Å². The first-order chi connectivity index (χ1) is 12.6. The summed E-state index contributed by atoms with van der Waals surface area (Å²) in [6.45, 7) is 16.4. The van der Waals surface area contributed by atoms with E-state index in [2.05, 4.69) is 46.2 Å². The quantitative estimate of drug-likeness (QED) is 0.355. The zero-order valence-electron chi connectivity index (χ0n) is 17.8. The fraction of sp³-hybridized carbons (Fsp3) is 0.952. The second-order valence-electron chi connectivity index (χ2n) is 8.79. The van der Waals surface area contributed by atoms with Gasteiger partial charge in [0, 0.05) is 46.3 Å². The van der Waals surface area contributed by atoms with Crippen LogP contribution in [0, 0.1) is 11.3 Å². The van der Waals surface area contributed by atoms with Crippen LogP contribution >= 0.6 is 0 Å². The highest BCUT2D eigenvalue weighted by Gasteiger charge is 2.37. The standard InChI is InChI=1S/C21H43N5/c1-5-25-13-15-26(16-14-25)12-7-6-11-23-20(22-4)24-18-21(9-8-10-21)17-19(2)3/h19H,5-18H2,1-4H3,(H2,22,23,24). The predicted molar refractivity (Wildman–Crippen MR) is 113 cm³/mol. The molecule has 1 saturated heterocycles. The number of nitrogens with zero attached hydrogens (tertiary/aromatic N) is 3. The van der Waals surface area contributed by atoms with Gasteiger partial charge in [-0.05, 0) is 56.5 Å². The Kier molecular flexibility index (Phi) is 9.20. The number of guanidine groups is 1. The van der Waals surface area contributed by atoms with Gasteiger partial charge in [0.15, 0.2) is 5.96 Å². The Morgan fingerprint density at radius 2 is 1.73 bits per heavy atom. The lowest BCUT2D eigenvalue weighted by Gasteiger charge is -2.43. The summed E-state index contributed by atoms with van der Waals surface area (Å²) >= 11 is 0. The molecule has 0 aromatic heterocycles. The van der Waals surface area contributed by atoms with Crippen LogP contribution in [0.4, 0.5) is 0 Å². The number of aliphatic imine (C=N–C) groups is 1. The molecule has 0 spiro atoms. The molecule has 0 radical (unpaired) electrons. The molecule has 1 heterocycles. The van der Waals surface area contributed by atoms with Crippen molar-refractivity contribution in [3.05, 3.63) is 0 Å². The number of nitrogens with one attached hydrogen (secondary N) is 2. The lowest BCUT2D eigenvalue weighted by molar-refractivity contribution is 0.104. The van der Waals surface area contributed by atoms with Gasteiger partial charge in [0.25, 0.3) is 0 Å². The highest BCUT2D eigenvalue weighted by molar-refractivity contribution is 5.79. The second-order valence-corrected chi connectivity index (χ2v) is 8.79. The molecule has 0 aromatic rings. The number of likely N-dealkylation sites (N-methyl/N-ethyl adjacent to an activating group) is 1. The molecule has 0 aromatic carbocycles. The van der Waals surface area contributed by atoms with E-state index in [0.717, 1.165) is 25.0 Å². The Labute approximate surface area is 162 Å². The van der Waals surface area contributed by atoms with Crippen LogP contribution in [0.3, 0.4) is 0 Å². The molecule has 2 fully saturated rings. The maximum Gasteiger partial charge on any atom is 0.190 e. The molecule has 2 N–H and O–H groups in total. The third-order valence-corrected chi connectivity index (χ3v) is 6.22. The minimum absolute atomic E-state index is 0.520. The first kappa shape index (κ1) is 21.5. The molecular formula is C21H43N5. The fourth-order valence-electron chi connectivity index (χ4n) is 4.48. The number of piperazine rings is 1. The number of rotatable bonds is 10. The third kappa shape index (κ3) is 7.07. The van der Waals surface area contributed by atoms with E-state index >= 15 is 0 Å². The summed E-state index contributed by atoms with van der Waals surface area (Å²) in [6, 6.07) is 0. The molecule has 26 heavy (non-hydrogen) atoms.